The Hall–Kier alpha value is -0.795. The molecule has 1 aliphatic carbocycles. The van der Waals surface area contributed by atoms with Crippen LogP contribution in [0.4, 0.5) is 0 Å². The highest BCUT2D eigenvalue weighted by Gasteiger charge is 2.51. The van der Waals surface area contributed by atoms with Gasteiger partial charge >= 0.3 is 7.12 Å². The monoisotopic (exact) mass is 300 g/mol. The molecule has 0 aromatic heterocycles. The van der Waals surface area contributed by atoms with Crippen molar-refractivity contribution in [3.05, 3.63) is 29.8 Å². The maximum atomic E-state index is 6.13. The first-order chi connectivity index (χ1) is 10.3. The first kappa shape index (κ1) is 16.1. The molecule has 0 N–H and O–H groups in total. The summed E-state index contributed by atoms with van der Waals surface area (Å²) < 4.78 is 12.3. The molecule has 2 fully saturated rings. The molecule has 1 saturated heterocycles. The lowest BCUT2D eigenvalue weighted by atomic mass is 9.76. The number of rotatable bonds is 2. The second-order valence-corrected chi connectivity index (χ2v) is 8.21. The van der Waals surface area contributed by atoms with Crippen molar-refractivity contribution in [3.63, 3.8) is 0 Å². The van der Waals surface area contributed by atoms with E-state index in [9.17, 15) is 0 Å². The number of hydrogen-bond acceptors (Lipinski definition) is 2. The van der Waals surface area contributed by atoms with Crippen LogP contribution in [0.3, 0.4) is 0 Å². The van der Waals surface area contributed by atoms with Gasteiger partial charge in [0.25, 0.3) is 0 Å². The molecule has 22 heavy (non-hydrogen) atoms. The molecule has 2 aliphatic rings. The van der Waals surface area contributed by atoms with Gasteiger partial charge in [0.05, 0.1) is 11.2 Å². The molecule has 2 nitrogen and oxygen atoms in total. The average molecular weight is 300 g/mol. The average Bonchev–Trinajstić information content (AvgIpc) is 2.68. The zero-order valence-electron chi connectivity index (χ0n) is 14.7. The highest BCUT2D eigenvalue weighted by atomic mass is 16.7. The lowest BCUT2D eigenvalue weighted by molar-refractivity contribution is 0.00578. The Labute approximate surface area is 135 Å². The molecule has 0 spiro atoms. The van der Waals surface area contributed by atoms with E-state index in [4.69, 9.17) is 9.31 Å². The Balaban J connectivity index is 1.70. The van der Waals surface area contributed by atoms with Gasteiger partial charge in [-0.15, -0.1) is 0 Å². The van der Waals surface area contributed by atoms with Gasteiger partial charge in [0, 0.05) is 0 Å². The van der Waals surface area contributed by atoms with Gasteiger partial charge in [-0.2, -0.15) is 0 Å². The van der Waals surface area contributed by atoms with Crippen molar-refractivity contribution in [2.24, 2.45) is 5.92 Å². The molecule has 1 heterocycles. The zero-order chi connectivity index (χ0) is 16.0. The molecule has 0 atom stereocenters. The van der Waals surface area contributed by atoms with Gasteiger partial charge in [0.2, 0.25) is 0 Å². The van der Waals surface area contributed by atoms with E-state index < -0.39 is 0 Å². The Morgan fingerprint density at radius 1 is 0.864 bits per heavy atom. The van der Waals surface area contributed by atoms with Crippen LogP contribution in [-0.2, 0) is 9.31 Å². The fraction of sp³-hybridized carbons (Fsp3) is 0.684. The minimum absolute atomic E-state index is 0.245. The molecule has 1 aromatic carbocycles. The summed E-state index contributed by atoms with van der Waals surface area (Å²) >= 11 is 0. The fourth-order valence-electron chi connectivity index (χ4n) is 3.50. The van der Waals surface area contributed by atoms with Crippen LogP contribution in [0.25, 0.3) is 0 Å². The minimum atomic E-state index is -0.268. The van der Waals surface area contributed by atoms with Crippen molar-refractivity contribution in [2.45, 2.75) is 77.4 Å². The van der Waals surface area contributed by atoms with Crippen molar-refractivity contribution in [1.29, 1.82) is 0 Å². The predicted octanol–water partition coefficient (Wildman–Crippen LogP) is 4.28. The first-order valence-electron chi connectivity index (χ1n) is 8.74. The molecule has 1 aliphatic heterocycles. The van der Waals surface area contributed by atoms with E-state index in [1.54, 1.807) is 0 Å². The molecule has 0 bridgehead atoms. The summed E-state index contributed by atoms with van der Waals surface area (Å²) in [5.41, 5.74) is 2.07. The van der Waals surface area contributed by atoms with E-state index in [-0.39, 0.29) is 18.3 Å². The third-order valence-electron chi connectivity index (χ3n) is 5.95. The molecule has 1 aromatic rings. The molecule has 120 valence electrons. The van der Waals surface area contributed by atoms with Crippen LogP contribution in [0, 0.1) is 5.92 Å². The van der Waals surface area contributed by atoms with E-state index in [1.165, 1.54) is 31.2 Å². The topological polar surface area (TPSA) is 18.5 Å². The summed E-state index contributed by atoms with van der Waals surface area (Å²) in [5, 5.41) is 0. The van der Waals surface area contributed by atoms with Gasteiger partial charge in [-0.05, 0) is 63.4 Å². The van der Waals surface area contributed by atoms with Crippen molar-refractivity contribution >= 4 is 12.6 Å². The Morgan fingerprint density at radius 3 is 1.86 bits per heavy atom. The maximum Gasteiger partial charge on any atom is 0.494 e. The van der Waals surface area contributed by atoms with Gasteiger partial charge in [-0.1, -0.05) is 44.0 Å². The van der Waals surface area contributed by atoms with E-state index in [0.717, 1.165) is 17.3 Å². The summed E-state index contributed by atoms with van der Waals surface area (Å²) in [7, 11) is -0.245. The predicted molar refractivity (Wildman–Crippen MR) is 92.5 cm³/mol. The minimum Gasteiger partial charge on any atom is -0.399 e. The second-order valence-electron chi connectivity index (χ2n) is 8.21. The quantitative estimate of drug-likeness (QED) is 0.759. The smallest absolute Gasteiger partial charge is 0.399 e. The van der Waals surface area contributed by atoms with Crippen molar-refractivity contribution in [2.75, 3.05) is 0 Å². The third-order valence-corrected chi connectivity index (χ3v) is 5.95. The Kier molecular flexibility index (Phi) is 4.15. The van der Waals surface area contributed by atoms with E-state index in [0.29, 0.717) is 0 Å². The van der Waals surface area contributed by atoms with Crippen LogP contribution in [0.2, 0.25) is 0 Å². The summed E-state index contributed by atoms with van der Waals surface area (Å²) in [6.07, 6.45) is 5.39. The molecule has 3 heteroatoms. The van der Waals surface area contributed by atoms with Crippen molar-refractivity contribution in [3.8, 4) is 0 Å². The zero-order valence-corrected chi connectivity index (χ0v) is 14.7. The Bertz CT molecular complexity index is 497. The molecule has 0 radical (unpaired) electrons. The van der Waals surface area contributed by atoms with Gasteiger partial charge < -0.3 is 9.31 Å². The van der Waals surface area contributed by atoms with Crippen LogP contribution < -0.4 is 5.46 Å². The van der Waals surface area contributed by atoms with E-state index in [2.05, 4.69) is 58.9 Å². The SMILES string of the molecule is CC1CCC(c2ccc(B3OC(C)(C)C(C)(C)O3)cc2)CC1. The molecular formula is C19H29BO2. The van der Waals surface area contributed by atoms with Gasteiger partial charge in [-0.3, -0.25) is 0 Å². The summed E-state index contributed by atoms with van der Waals surface area (Å²) in [6, 6.07) is 8.94. The third kappa shape index (κ3) is 2.98. The molecule has 3 rings (SSSR count). The summed E-state index contributed by atoms with van der Waals surface area (Å²) in [6.45, 7) is 10.8. The van der Waals surface area contributed by atoms with Crippen molar-refractivity contribution < 1.29 is 9.31 Å². The fourth-order valence-corrected chi connectivity index (χ4v) is 3.50. The van der Waals surface area contributed by atoms with Crippen LogP contribution >= 0.6 is 0 Å². The van der Waals surface area contributed by atoms with Gasteiger partial charge in [-0.25, -0.2) is 0 Å². The van der Waals surface area contributed by atoms with Crippen molar-refractivity contribution in [1.82, 2.24) is 0 Å². The molecular weight excluding hydrogens is 271 g/mol. The van der Waals surface area contributed by atoms with E-state index >= 15 is 0 Å². The summed E-state index contributed by atoms with van der Waals surface area (Å²) in [4.78, 5) is 0. The van der Waals surface area contributed by atoms with Crippen LogP contribution in [0.1, 0.15) is 71.8 Å². The largest absolute Gasteiger partial charge is 0.494 e. The summed E-state index contributed by atoms with van der Waals surface area (Å²) in [5.74, 6) is 1.64. The normalized spacial score (nSPS) is 30.5. The molecule has 0 amide bonds. The number of hydrogen-bond donors (Lipinski definition) is 0. The van der Waals surface area contributed by atoms with E-state index in [1.807, 2.05) is 0 Å². The standard InChI is InChI=1S/C19H29BO2/c1-14-6-8-15(9-7-14)16-10-12-17(13-11-16)20-21-18(2,3)19(4,5)22-20/h10-15H,6-9H2,1-5H3. The highest BCUT2D eigenvalue weighted by molar-refractivity contribution is 6.62. The lowest BCUT2D eigenvalue weighted by Crippen LogP contribution is -2.41. The molecule has 0 unspecified atom stereocenters. The maximum absolute atomic E-state index is 6.13. The van der Waals surface area contributed by atoms with Crippen LogP contribution in [0.15, 0.2) is 24.3 Å². The highest BCUT2D eigenvalue weighted by Crippen LogP contribution is 2.37. The Morgan fingerprint density at radius 2 is 1.36 bits per heavy atom. The molecule has 1 saturated carbocycles. The lowest BCUT2D eigenvalue weighted by Gasteiger charge is -2.32. The van der Waals surface area contributed by atoms with Crippen LogP contribution in [-0.4, -0.2) is 18.3 Å². The number of benzene rings is 1. The second kappa shape index (κ2) is 5.69. The van der Waals surface area contributed by atoms with Crippen LogP contribution in [0.5, 0.6) is 0 Å². The van der Waals surface area contributed by atoms with Gasteiger partial charge in [0.15, 0.2) is 0 Å². The first-order valence-corrected chi connectivity index (χ1v) is 8.74. The van der Waals surface area contributed by atoms with Gasteiger partial charge in [0.1, 0.15) is 0 Å².